The predicted octanol–water partition coefficient (Wildman–Crippen LogP) is 1.03. The van der Waals surface area contributed by atoms with E-state index in [2.05, 4.69) is 15.5 Å². The Morgan fingerprint density at radius 3 is 2.76 bits per heavy atom. The number of carbonyl (C=O) groups is 2. The molecule has 2 amide bonds. The van der Waals surface area contributed by atoms with Crippen LogP contribution in [0.3, 0.4) is 0 Å². The van der Waals surface area contributed by atoms with E-state index in [0.29, 0.717) is 24.3 Å². The molecule has 2 heterocycles. The smallest absolute Gasteiger partial charge is 0.258 e. The predicted molar refractivity (Wildman–Crippen MR) is 76.6 cm³/mol. The highest BCUT2D eigenvalue weighted by Crippen LogP contribution is 2.25. The molecule has 1 aromatic heterocycles. The molecule has 1 aliphatic heterocycles. The lowest BCUT2D eigenvalue weighted by Crippen LogP contribution is -2.52. The molecule has 1 fully saturated rings. The van der Waals surface area contributed by atoms with Gasteiger partial charge in [-0.05, 0) is 12.5 Å². The molecule has 0 saturated carbocycles. The summed E-state index contributed by atoms with van der Waals surface area (Å²) < 4.78 is 0. The molecule has 6 nitrogen and oxygen atoms in total. The largest absolute Gasteiger partial charge is 0.352 e. The maximum atomic E-state index is 12.7. The van der Waals surface area contributed by atoms with Crippen LogP contribution in [0, 0.1) is 6.92 Å². The summed E-state index contributed by atoms with van der Waals surface area (Å²) >= 11 is 0. The third-order valence-corrected chi connectivity index (χ3v) is 3.65. The first-order valence-electron chi connectivity index (χ1n) is 6.82. The highest BCUT2D eigenvalue weighted by molar-refractivity contribution is 5.99. The molecular formula is C15H16N4O2. The molecular weight excluding hydrogens is 268 g/mol. The number of aryl methyl sites for hydroxylation is 1. The van der Waals surface area contributed by atoms with E-state index in [9.17, 15) is 9.59 Å². The summed E-state index contributed by atoms with van der Waals surface area (Å²) in [6.07, 6.45) is 1.51. The van der Waals surface area contributed by atoms with Crippen LogP contribution >= 0.6 is 0 Å². The molecule has 0 radical (unpaired) electrons. The molecule has 1 saturated heterocycles. The number of piperazine rings is 1. The third-order valence-electron chi connectivity index (χ3n) is 3.65. The van der Waals surface area contributed by atoms with Gasteiger partial charge in [0.25, 0.3) is 5.91 Å². The highest BCUT2D eigenvalue weighted by Gasteiger charge is 2.35. The maximum Gasteiger partial charge on any atom is 0.258 e. The van der Waals surface area contributed by atoms with Crippen molar-refractivity contribution in [2.24, 2.45) is 0 Å². The Kier molecular flexibility index (Phi) is 3.43. The van der Waals surface area contributed by atoms with Crippen molar-refractivity contribution in [3.05, 3.63) is 53.3 Å². The average molecular weight is 284 g/mol. The van der Waals surface area contributed by atoms with E-state index in [1.165, 1.54) is 6.20 Å². The monoisotopic (exact) mass is 284 g/mol. The summed E-state index contributed by atoms with van der Waals surface area (Å²) in [6, 6.07) is 8.74. The summed E-state index contributed by atoms with van der Waals surface area (Å²) in [5, 5.41) is 9.46. The molecule has 0 spiro atoms. The van der Waals surface area contributed by atoms with Gasteiger partial charge in [-0.25, -0.2) is 0 Å². The third kappa shape index (κ3) is 2.40. The lowest BCUT2D eigenvalue weighted by atomic mass is 10.0. The lowest BCUT2D eigenvalue weighted by Gasteiger charge is -2.35. The van der Waals surface area contributed by atoms with Crippen LogP contribution in [-0.4, -0.2) is 40.0 Å². The van der Waals surface area contributed by atoms with E-state index in [-0.39, 0.29) is 11.8 Å². The molecule has 6 heteroatoms. The van der Waals surface area contributed by atoms with Gasteiger partial charge in [-0.2, -0.15) is 5.10 Å². The molecule has 108 valence electrons. The number of rotatable bonds is 2. The van der Waals surface area contributed by atoms with E-state index < -0.39 is 6.04 Å². The summed E-state index contributed by atoms with van der Waals surface area (Å²) in [4.78, 5) is 26.5. The van der Waals surface area contributed by atoms with Gasteiger partial charge in [0.1, 0.15) is 6.04 Å². The van der Waals surface area contributed by atoms with Gasteiger partial charge in [-0.15, -0.1) is 0 Å². The van der Waals surface area contributed by atoms with E-state index in [1.807, 2.05) is 30.3 Å². The van der Waals surface area contributed by atoms with Gasteiger partial charge in [-0.1, -0.05) is 30.3 Å². The number of H-pyrrole nitrogens is 1. The van der Waals surface area contributed by atoms with Gasteiger partial charge >= 0.3 is 0 Å². The Hall–Kier alpha value is -2.63. The summed E-state index contributed by atoms with van der Waals surface area (Å²) in [6.45, 7) is 2.74. The van der Waals surface area contributed by atoms with Gasteiger partial charge in [-0.3, -0.25) is 14.7 Å². The lowest BCUT2D eigenvalue weighted by molar-refractivity contribution is -0.128. The normalized spacial score (nSPS) is 18.4. The zero-order valence-electron chi connectivity index (χ0n) is 11.7. The number of carbonyl (C=O) groups excluding carboxylic acids is 2. The number of nitrogens with one attached hydrogen (secondary N) is 2. The number of aromatic nitrogens is 2. The average Bonchev–Trinajstić information content (AvgIpc) is 2.93. The molecule has 1 aromatic carbocycles. The molecule has 21 heavy (non-hydrogen) atoms. The molecule has 0 aliphatic carbocycles. The van der Waals surface area contributed by atoms with E-state index >= 15 is 0 Å². The van der Waals surface area contributed by atoms with Gasteiger partial charge < -0.3 is 10.2 Å². The standard InChI is InChI=1S/C15H16N4O2/c1-10-12(9-17-18-10)15(21)19-8-7-16-14(20)13(19)11-5-3-2-4-6-11/h2-6,9,13H,7-8H2,1H3,(H,16,20)(H,17,18)/t13-/m0/s1. The second-order valence-electron chi connectivity index (χ2n) is 5.01. The first-order valence-corrected chi connectivity index (χ1v) is 6.82. The van der Waals surface area contributed by atoms with E-state index in [0.717, 1.165) is 5.56 Å². The summed E-state index contributed by atoms with van der Waals surface area (Å²) in [7, 11) is 0. The number of aromatic amines is 1. The van der Waals surface area contributed by atoms with E-state index in [4.69, 9.17) is 0 Å². The van der Waals surface area contributed by atoms with Crippen LogP contribution < -0.4 is 5.32 Å². The zero-order valence-corrected chi connectivity index (χ0v) is 11.7. The first-order chi connectivity index (χ1) is 10.2. The van der Waals surface area contributed by atoms with Crippen molar-refractivity contribution >= 4 is 11.8 Å². The van der Waals surface area contributed by atoms with E-state index in [1.54, 1.807) is 11.8 Å². The topological polar surface area (TPSA) is 78.1 Å². The van der Waals surface area contributed by atoms with Gasteiger partial charge in [0.15, 0.2) is 0 Å². The van der Waals surface area contributed by atoms with Crippen LogP contribution in [0.25, 0.3) is 0 Å². The Morgan fingerprint density at radius 2 is 2.10 bits per heavy atom. The minimum absolute atomic E-state index is 0.151. The minimum atomic E-state index is -0.596. The number of hydrogen-bond donors (Lipinski definition) is 2. The zero-order chi connectivity index (χ0) is 14.8. The molecule has 0 unspecified atom stereocenters. The van der Waals surface area contributed by atoms with Crippen LogP contribution in [0.4, 0.5) is 0 Å². The maximum absolute atomic E-state index is 12.7. The fraction of sp³-hybridized carbons (Fsp3) is 0.267. The molecule has 2 aromatic rings. The highest BCUT2D eigenvalue weighted by atomic mass is 16.2. The van der Waals surface area contributed by atoms with Gasteiger partial charge in [0.05, 0.1) is 11.8 Å². The second-order valence-corrected chi connectivity index (χ2v) is 5.01. The quantitative estimate of drug-likeness (QED) is 0.864. The van der Waals surface area contributed by atoms with Crippen molar-refractivity contribution in [1.82, 2.24) is 20.4 Å². The van der Waals surface area contributed by atoms with Crippen molar-refractivity contribution in [3.8, 4) is 0 Å². The Labute approximate surface area is 122 Å². The number of benzene rings is 1. The summed E-state index contributed by atoms with van der Waals surface area (Å²) in [5.41, 5.74) is 2.02. The van der Waals surface area contributed by atoms with Crippen molar-refractivity contribution in [2.75, 3.05) is 13.1 Å². The van der Waals surface area contributed by atoms with Crippen molar-refractivity contribution in [3.63, 3.8) is 0 Å². The Bertz CT molecular complexity index is 665. The SMILES string of the molecule is Cc1[nH]ncc1C(=O)N1CCNC(=O)[C@@H]1c1ccccc1. The molecule has 3 rings (SSSR count). The van der Waals surface area contributed by atoms with Crippen molar-refractivity contribution in [1.29, 1.82) is 0 Å². The molecule has 1 atom stereocenters. The van der Waals surface area contributed by atoms with Crippen LogP contribution in [0.5, 0.6) is 0 Å². The number of amides is 2. The van der Waals surface area contributed by atoms with Crippen LogP contribution in [0.15, 0.2) is 36.5 Å². The molecule has 0 bridgehead atoms. The molecule has 1 aliphatic rings. The van der Waals surface area contributed by atoms with Gasteiger partial charge in [0, 0.05) is 18.8 Å². The second kappa shape index (κ2) is 5.40. The Balaban J connectivity index is 1.97. The fourth-order valence-electron chi connectivity index (χ4n) is 2.57. The van der Waals surface area contributed by atoms with Crippen LogP contribution in [0.2, 0.25) is 0 Å². The number of hydrogen-bond acceptors (Lipinski definition) is 3. The van der Waals surface area contributed by atoms with Crippen molar-refractivity contribution < 1.29 is 9.59 Å². The molecule has 2 N–H and O–H groups in total. The number of nitrogens with zero attached hydrogens (tertiary/aromatic N) is 2. The fourth-order valence-corrected chi connectivity index (χ4v) is 2.57. The first kappa shape index (κ1) is 13.4. The Morgan fingerprint density at radius 1 is 1.33 bits per heavy atom. The van der Waals surface area contributed by atoms with Gasteiger partial charge in [0.2, 0.25) is 5.91 Å². The van der Waals surface area contributed by atoms with Crippen LogP contribution in [0.1, 0.15) is 27.7 Å². The minimum Gasteiger partial charge on any atom is -0.352 e. The van der Waals surface area contributed by atoms with Crippen molar-refractivity contribution in [2.45, 2.75) is 13.0 Å². The summed E-state index contributed by atoms with van der Waals surface area (Å²) in [5.74, 6) is -0.327. The van der Waals surface area contributed by atoms with Crippen LogP contribution in [-0.2, 0) is 4.79 Å².